The minimum Gasteiger partial charge on any atom is -0.355 e. The molecule has 0 N–H and O–H groups in total. The lowest BCUT2D eigenvalue weighted by Gasteiger charge is -2.40. The lowest BCUT2D eigenvalue weighted by atomic mass is 9.99. The highest BCUT2D eigenvalue weighted by Crippen LogP contribution is 2.29. The third-order valence-electron chi connectivity index (χ3n) is 5.34. The molecule has 1 aliphatic heterocycles. The summed E-state index contributed by atoms with van der Waals surface area (Å²) in [4.78, 5) is 22.9. The monoisotopic (exact) mass is 405 g/mol. The van der Waals surface area contributed by atoms with Gasteiger partial charge in [0.2, 0.25) is 0 Å². The first-order valence-corrected chi connectivity index (χ1v) is 9.75. The molecule has 3 aromatic heterocycles. The minimum absolute atomic E-state index is 0.145. The Labute approximate surface area is 171 Å². The van der Waals surface area contributed by atoms with Crippen LogP contribution in [0.4, 0.5) is 10.2 Å². The molecule has 1 aromatic carbocycles. The highest BCUT2D eigenvalue weighted by atomic mass is 19.1. The van der Waals surface area contributed by atoms with Crippen molar-refractivity contribution in [2.24, 2.45) is 5.92 Å². The molecule has 0 aliphatic carbocycles. The number of hydrogen-bond acceptors (Lipinski definition) is 6. The molecule has 1 fully saturated rings. The number of fused-ring (bicyclic) bond motifs is 1. The number of anilines is 1. The van der Waals surface area contributed by atoms with Gasteiger partial charge in [0, 0.05) is 36.2 Å². The minimum atomic E-state index is -0.313. The van der Waals surface area contributed by atoms with Crippen molar-refractivity contribution in [3.05, 3.63) is 70.3 Å². The molecule has 0 spiro atoms. The van der Waals surface area contributed by atoms with Gasteiger partial charge in [-0.3, -0.25) is 4.79 Å². The Balaban J connectivity index is 1.35. The van der Waals surface area contributed by atoms with E-state index in [9.17, 15) is 9.18 Å². The second kappa shape index (κ2) is 7.01. The molecule has 0 amide bonds. The number of hydrogen-bond donors (Lipinski definition) is 0. The fourth-order valence-corrected chi connectivity index (χ4v) is 3.91. The summed E-state index contributed by atoms with van der Waals surface area (Å²) in [5, 5.41) is 9.64. The maximum absolute atomic E-state index is 13.7. The Morgan fingerprint density at radius 3 is 2.67 bits per heavy atom. The number of halogens is 1. The van der Waals surface area contributed by atoms with Crippen LogP contribution in [-0.2, 0) is 6.54 Å². The first kappa shape index (κ1) is 18.4. The van der Waals surface area contributed by atoms with Gasteiger partial charge in [0.05, 0.1) is 17.8 Å². The van der Waals surface area contributed by atoms with E-state index in [4.69, 9.17) is 0 Å². The van der Waals surface area contributed by atoms with Gasteiger partial charge in [-0.15, -0.1) is 5.10 Å². The largest absolute Gasteiger partial charge is 0.355 e. The van der Waals surface area contributed by atoms with Crippen LogP contribution in [0.1, 0.15) is 11.4 Å². The van der Waals surface area contributed by atoms with Crippen molar-refractivity contribution in [3.63, 3.8) is 0 Å². The Morgan fingerprint density at radius 1 is 1.07 bits per heavy atom. The molecule has 0 saturated carbocycles. The van der Waals surface area contributed by atoms with Crippen LogP contribution < -0.4 is 10.5 Å². The molecule has 152 valence electrons. The van der Waals surface area contributed by atoms with Crippen LogP contribution >= 0.6 is 0 Å². The topological polar surface area (TPSA) is 81.7 Å². The van der Waals surface area contributed by atoms with Gasteiger partial charge in [-0.05, 0) is 44.2 Å². The number of aryl methyl sites for hydroxylation is 2. The van der Waals surface area contributed by atoms with Crippen LogP contribution in [-0.4, -0.2) is 42.6 Å². The normalized spacial score (nSPS) is 14.3. The zero-order valence-electron chi connectivity index (χ0n) is 16.7. The predicted molar refractivity (Wildman–Crippen MR) is 110 cm³/mol. The van der Waals surface area contributed by atoms with Gasteiger partial charge in [-0.25, -0.2) is 23.7 Å². The quantitative estimate of drug-likeness (QED) is 0.518. The van der Waals surface area contributed by atoms with Gasteiger partial charge in [0.25, 0.3) is 5.56 Å². The molecule has 8 nitrogen and oxygen atoms in total. The Hall–Kier alpha value is -3.62. The van der Waals surface area contributed by atoms with Crippen LogP contribution in [0.25, 0.3) is 16.7 Å². The number of aromatic nitrogens is 6. The smallest absolute Gasteiger partial charge is 0.266 e. The van der Waals surface area contributed by atoms with Gasteiger partial charge in [-0.1, -0.05) is 0 Å². The van der Waals surface area contributed by atoms with Crippen LogP contribution in [0.15, 0.2) is 47.5 Å². The summed E-state index contributed by atoms with van der Waals surface area (Å²) in [5.74, 6) is 1.26. The first-order chi connectivity index (χ1) is 14.5. The molecule has 0 bridgehead atoms. The fourth-order valence-electron chi connectivity index (χ4n) is 3.91. The second-order valence-corrected chi connectivity index (χ2v) is 7.68. The van der Waals surface area contributed by atoms with Crippen molar-refractivity contribution in [1.29, 1.82) is 0 Å². The fraction of sp³-hybridized carbons (Fsp3) is 0.286. The molecule has 0 atom stereocenters. The van der Waals surface area contributed by atoms with Crippen LogP contribution in [0.5, 0.6) is 0 Å². The summed E-state index contributed by atoms with van der Waals surface area (Å²) in [6, 6.07) is 9.69. The molecule has 1 aliphatic rings. The summed E-state index contributed by atoms with van der Waals surface area (Å²) in [7, 11) is 0. The summed E-state index contributed by atoms with van der Waals surface area (Å²) < 4.78 is 16.9. The van der Waals surface area contributed by atoms with E-state index in [1.807, 2.05) is 19.9 Å². The zero-order chi connectivity index (χ0) is 20.8. The van der Waals surface area contributed by atoms with Crippen LogP contribution in [0, 0.1) is 25.6 Å². The standard InChI is InChI=1S/C21H20FN7O/c1-13-7-14(2)29(25-13)19-5-6-20(30)28(26-19)11-15-9-27(10-15)21-17-8-16(22)3-4-18(17)23-12-24-21/h3-8,12,15H,9-11H2,1-2H3. The van der Waals surface area contributed by atoms with Gasteiger partial charge in [0.1, 0.15) is 18.0 Å². The summed E-state index contributed by atoms with van der Waals surface area (Å²) >= 11 is 0. The van der Waals surface area contributed by atoms with E-state index in [1.165, 1.54) is 29.2 Å². The average Bonchev–Trinajstić information content (AvgIpc) is 3.03. The molecule has 5 rings (SSSR count). The molecule has 30 heavy (non-hydrogen) atoms. The Bertz CT molecular complexity index is 1310. The van der Waals surface area contributed by atoms with Crippen molar-refractivity contribution < 1.29 is 4.39 Å². The van der Waals surface area contributed by atoms with Crippen molar-refractivity contribution in [2.45, 2.75) is 20.4 Å². The molecule has 4 heterocycles. The molecule has 0 unspecified atom stereocenters. The second-order valence-electron chi connectivity index (χ2n) is 7.68. The first-order valence-electron chi connectivity index (χ1n) is 9.75. The number of nitrogens with zero attached hydrogens (tertiary/aromatic N) is 7. The van der Waals surface area contributed by atoms with E-state index >= 15 is 0 Å². The number of benzene rings is 1. The highest BCUT2D eigenvalue weighted by Gasteiger charge is 2.30. The summed E-state index contributed by atoms with van der Waals surface area (Å²) in [6.07, 6.45) is 1.49. The van der Waals surface area contributed by atoms with E-state index in [0.717, 1.165) is 11.4 Å². The Morgan fingerprint density at radius 2 is 1.90 bits per heavy atom. The summed E-state index contributed by atoms with van der Waals surface area (Å²) in [5.41, 5.74) is 2.42. The van der Waals surface area contributed by atoms with Crippen molar-refractivity contribution in [1.82, 2.24) is 29.5 Å². The summed E-state index contributed by atoms with van der Waals surface area (Å²) in [6.45, 7) is 5.79. The van der Waals surface area contributed by atoms with E-state index in [1.54, 1.807) is 16.8 Å². The van der Waals surface area contributed by atoms with Crippen molar-refractivity contribution in [3.8, 4) is 5.82 Å². The van der Waals surface area contributed by atoms with Crippen LogP contribution in [0.2, 0.25) is 0 Å². The SMILES string of the molecule is Cc1cc(C)n(-c2ccc(=O)n(CC3CN(c4ncnc5ccc(F)cc45)C3)n2)n1. The van der Waals surface area contributed by atoms with E-state index in [0.29, 0.717) is 42.2 Å². The average molecular weight is 405 g/mol. The molecule has 9 heteroatoms. The zero-order valence-corrected chi connectivity index (χ0v) is 16.7. The van der Waals surface area contributed by atoms with Gasteiger partial charge >= 0.3 is 0 Å². The van der Waals surface area contributed by atoms with Crippen LogP contribution in [0.3, 0.4) is 0 Å². The van der Waals surface area contributed by atoms with Crippen molar-refractivity contribution in [2.75, 3.05) is 18.0 Å². The molecular formula is C21H20FN7O. The lowest BCUT2D eigenvalue weighted by molar-refractivity contribution is 0.332. The van der Waals surface area contributed by atoms with E-state index < -0.39 is 0 Å². The molecule has 4 aromatic rings. The van der Waals surface area contributed by atoms with Gasteiger partial charge in [0.15, 0.2) is 5.82 Å². The van der Waals surface area contributed by atoms with Gasteiger partial charge < -0.3 is 4.90 Å². The predicted octanol–water partition coefficient (Wildman–Crippen LogP) is 2.26. The molecule has 0 radical (unpaired) electrons. The van der Waals surface area contributed by atoms with E-state index in [-0.39, 0.29) is 17.3 Å². The van der Waals surface area contributed by atoms with Gasteiger partial charge in [-0.2, -0.15) is 5.10 Å². The number of rotatable bonds is 4. The third-order valence-corrected chi connectivity index (χ3v) is 5.34. The Kier molecular flexibility index (Phi) is 4.30. The van der Waals surface area contributed by atoms with E-state index in [2.05, 4.69) is 25.1 Å². The third kappa shape index (κ3) is 3.22. The van der Waals surface area contributed by atoms with Crippen molar-refractivity contribution >= 4 is 16.7 Å². The maximum atomic E-state index is 13.7. The lowest BCUT2D eigenvalue weighted by Crippen LogP contribution is -2.50. The highest BCUT2D eigenvalue weighted by molar-refractivity contribution is 5.89. The molecular weight excluding hydrogens is 385 g/mol. The molecule has 1 saturated heterocycles. The maximum Gasteiger partial charge on any atom is 0.266 e.